The third-order valence-electron chi connectivity index (χ3n) is 4.49. The molecular weight excluding hydrogens is 362 g/mol. The molecule has 0 fully saturated rings. The lowest BCUT2D eigenvalue weighted by Gasteiger charge is -2.19. The second kappa shape index (κ2) is 8.95. The van der Waals surface area contributed by atoms with Crippen LogP contribution in [0.1, 0.15) is 49.2 Å². The summed E-state index contributed by atoms with van der Waals surface area (Å²) in [5.41, 5.74) is 1.48. The molecular formula is C22H26F2N2O2. The highest BCUT2D eigenvalue weighted by Gasteiger charge is 2.18. The van der Waals surface area contributed by atoms with Crippen LogP contribution in [0.2, 0.25) is 0 Å². The molecule has 1 atom stereocenters. The zero-order chi connectivity index (χ0) is 20.9. The van der Waals surface area contributed by atoms with Gasteiger partial charge in [0, 0.05) is 17.7 Å². The summed E-state index contributed by atoms with van der Waals surface area (Å²) < 4.78 is 27.2. The predicted molar refractivity (Wildman–Crippen MR) is 105 cm³/mol. The molecule has 28 heavy (non-hydrogen) atoms. The highest BCUT2D eigenvalue weighted by atomic mass is 19.1. The Morgan fingerprint density at radius 2 is 1.57 bits per heavy atom. The van der Waals surface area contributed by atoms with Gasteiger partial charge in [-0.3, -0.25) is 9.59 Å². The Hall–Kier alpha value is -2.76. The second-order valence-corrected chi connectivity index (χ2v) is 7.76. The van der Waals surface area contributed by atoms with Crippen LogP contribution in [0.5, 0.6) is 0 Å². The lowest BCUT2D eigenvalue weighted by molar-refractivity contribution is -0.122. The summed E-state index contributed by atoms with van der Waals surface area (Å²) in [5, 5.41) is 5.21. The van der Waals surface area contributed by atoms with E-state index >= 15 is 0 Å². The van der Waals surface area contributed by atoms with Crippen molar-refractivity contribution >= 4 is 11.8 Å². The molecule has 0 radical (unpaired) electrons. The molecule has 0 bridgehead atoms. The summed E-state index contributed by atoms with van der Waals surface area (Å²) in [5.74, 6) is -2.07. The maximum Gasteiger partial charge on any atom is 0.251 e. The van der Waals surface area contributed by atoms with Crippen molar-refractivity contribution < 1.29 is 18.4 Å². The van der Waals surface area contributed by atoms with E-state index in [1.165, 1.54) is 18.2 Å². The van der Waals surface area contributed by atoms with E-state index in [0.717, 1.165) is 5.56 Å². The van der Waals surface area contributed by atoms with Gasteiger partial charge in [0.2, 0.25) is 5.91 Å². The third-order valence-corrected chi connectivity index (χ3v) is 4.49. The zero-order valence-corrected chi connectivity index (χ0v) is 16.6. The number of carbonyl (C=O) groups is 2. The lowest BCUT2D eigenvalue weighted by Crippen LogP contribution is -2.45. The molecule has 4 nitrogen and oxygen atoms in total. The SMILES string of the molecule is CC(NC(=O)c1ccc(C(C)(C)C)cc1)C(=O)NCCc1c(F)cccc1F. The van der Waals surface area contributed by atoms with Gasteiger partial charge in [-0.25, -0.2) is 8.78 Å². The molecule has 0 heterocycles. The van der Waals surface area contributed by atoms with Gasteiger partial charge in [-0.15, -0.1) is 0 Å². The molecule has 6 heteroatoms. The first kappa shape index (κ1) is 21.5. The van der Waals surface area contributed by atoms with Gasteiger partial charge in [0.15, 0.2) is 0 Å². The Kier molecular flexibility index (Phi) is 6.89. The molecule has 2 aromatic rings. The predicted octanol–water partition coefficient (Wildman–Crippen LogP) is 3.74. The van der Waals surface area contributed by atoms with Crippen molar-refractivity contribution in [2.45, 2.75) is 45.6 Å². The molecule has 2 amide bonds. The van der Waals surface area contributed by atoms with Gasteiger partial charge in [-0.2, -0.15) is 0 Å². The normalized spacial score (nSPS) is 12.4. The Labute approximate surface area is 164 Å². The standard InChI is InChI=1S/C22H26F2N2O2/c1-14(20(27)25-13-12-17-18(23)6-5-7-19(17)24)26-21(28)15-8-10-16(11-9-15)22(2,3)4/h5-11,14H,12-13H2,1-4H3,(H,25,27)(H,26,28). The van der Waals surface area contributed by atoms with Crippen LogP contribution < -0.4 is 10.6 Å². The zero-order valence-electron chi connectivity index (χ0n) is 16.6. The number of benzene rings is 2. The minimum Gasteiger partial charge on any atom is -0.354 e. The molecule has 0 aliphatic carbocycles. The van der Waals surface area contributed by atoms with Gasteiger partial charge in [-0.1, -0.05) is 39.0 Å². The van der Waals surface area contributed by atoms with Crippen LogP contribution in [0.25, 0.3) is 0 Å². The summed E-state index contributed by atoms with van der Waals surface area (Å²) in [6.45, 7) is 7.88. The number of nitrogens with one attached hydrogen (secondary N) is 2. The molecule has 2 aromatic carbocycles. The maximum atomic E-state index is 13.6. The largest absolute Gasteiger partial charge is 0.354 e. The fourth-order valence-corrected chi connectivity index (χ4v) is 2.70. The summed E-state index contributed by atoms with van der Waals surface area (Å²) in [7, 11) is 0. The number of rotatable bonds is 6. The minimum absolute atomic E-state index is 0.0140. The number of carbonyl (C=O) groups excluding carboxylic acids is 2. The topological polar surface area (TPSA) is 58.2 Å². The first-order valence-electron chi connectivity index (χ1n) is 9.21. The van der Waals surface area contributed by atoms with Crippen molar-refractivity contribution in [3.63, 3.8) is 0 Å². The van der Waals surface area contributed by atoms with Gasteiger partial charge in [0.1, 0.15) is 17.7 Å². The lowest BCUT2D eigenvalue weighted by atomic mass is 9.86. The monoisotopic (exact) mass is 388 g/mol. The molecule has 0 saturated heterocycles. The minimum atomic E-state index is -0.778. The smallest absolute Gasteiger partial charge is 0.251 e. The Morgan fingerprint density at radius 1 is 1.00 bits per heavy atom. The third kappa shape index (κ3) is 5.62. The Morgan fingerprint density at radius 3 is 2.11 bits per heavy atom. The van der Waals surface area contributed by atoms with Crippen molar-refractivity contribution in [3.8, 4) is 0 Å². The summed E-state index contributed by atoms with van der Waals surface area (Å²) >= 11 is 0. The van der Waals surface area contributed by atoms with Crippen molar-refractivity contribution in [3.05, 3.63) is 70.8 Å². The van der Waals surface area contributed by atoms with Crippen LogP contribution in [0, 0.1) is 11.6 Å². The Balaban J connectivity index is 1.87. The number of hydrogen-bond acceptors (Lipinski definition) is 2. The number of hydrogen-bond donors (Lipinski definition) is 2. The van der Waals surface area contributed by atoms with E-state index in [2.05, 4.69) is 31.4 Å². The van der Waals surface area contributed by atoms with Crippen LogP contribution in [0.15, 0.2) is 42.5 Å². The fourth-order valence-electron chi connectivity index (χ4n) is 2.70. The average molecular weight is 388 g/mol. The van der Waals surface area contributed by atoms with Crippen molar-refractivity contribution in [1.29, 1.82) is 0 Å². The van der Waals surface area contributed by atoms with Crippen LogP contribution in [-0.4, -0.2) is 24.4 Å². The molecule has 0 saturated carbocycles. The van der Waals surface area contributed by atoms with Gasteiger partial charge in [0.05, 0.1) is 0 Å². The average Bonchev–Trinajstić information content (AvgIpc) is 2.63. The van der Waals surface area contributed by atoms with Crippen LogP contribution in [-0.2, 0) is 16.6 Å². The summed E-state index contributed by atoms with van der Waals surface area (Å²) in [6.07, 6.45) is 0.0270. The summed E-state index contributed by atoms with van der Waals surface area (Å²) in [6, 6.07) is 10.1. The first-order chi connectivity index (χ1) is 13.1. The molecule has 1 unspecified atom stereocenters. The Bertz CT molecular complexity index is 822. The molecule has 150 valence electrons. The van der Waals surface area contributed by atoms with Crippen molar-refractivity contribution in [2.75, 3.05) is 6.54 Å². The molecule has 2 rings (SSSR count). The van der Waals surface area contributed by atoms with Gasteiger partial charge in [-0.05, 0) is 48.6 Å². The highest BCUT2D eigenvalue weighted by molar-refractivity contribution is 5.97. The van der Waals surface area contributed by atoms with Crippen molar-refractivity contribution in [2.24, 2.45) is 0 Å². The van der Waals surface area contributed by atoms with E-state index in [4.69, 9.17) is 0 Å². The van der Waals surface area contributed by atoms with E-state index in [-0.39, 0.29) is 29.9 Å². The van der Waals surface area contributed by atoms with E-state index in [1.54, 1.807) is 19.1 Å². The summed E-state index contributed by atoms with van der Waals surface area (Å²) in [4.78, 5) is 24.5. The highest BCUT2D eigenvalue weighted by Crippen LogP contribution is 2.22. The van der Waals surface area contributed by atoms with E-state index < -0.39 is 23.6 Å². The van der Waals surface area contributed by atoms with E-state index in [1.807, 2.05) is 12.1 Å². The van der Waals surface area contributed by atoms with Crippen LogP contribution >= 0.6 is 0 Å². The molecule has 2 N–H and O–H groups in total. The van der Waals surface area contributed by atoms with E-state index in [0.29, 0.717) is 5.56 Å². The van der Waals surface area contributed by atoms with Crippen LogP contribution in [0.3, 0.4) is 0 Å². The maximum absolute atomic E-state index is 13.6. The number of amides is 2. The molecule has 0 aliphatic rings. The first-order valence-corrected chi connectivity index (χ1v) is 9.21. The van der Waals surface area contributed by atoms with Gasteiger partial charge < -0.3 is 10.6 Å². The number of halogens is 2. The molecule has 0 spiro atoms. The van der Waals surface area contributed by atoms with E-state index in [9.17, 15) is 18.4 Å². The van der Waals surface area contributed by atoms with Gasteiger partial charge >= 0.3 is 0 Å². The van der Waals surface area contributed by atoms with Gasteiger partial charge in [0.25, 0.3) is 5.91 Å². The quantitative estimate of drug-likeness (QED) is 0.792. The van der Waals surface area contributed by atoms with Crippen molar-refractivity contribution in [1.82, 2.24) is 10.6 Å². The molecule has 0 aromatic heterocycles. The molecule has 0 aliphatic heterocycles. The second-order valence-electron chi connectivity index (χ2n) is 7.76. The fraction of sp³-hybridized carbons (Fsp3) is 0.364. The van der Waals surface area contributed by atoms with Crippen LogP contribution in [0.4, 0.5) is 8.78 Å².